The summed E-state index contributed by atoms with van der Waals surface area (Å²) in [6, 6.07) is 17.6. The number of anilines is 1. The number of benzene rings is 3. The number of phenolic OH excluding ortho intramolecular Hbond substituents is 2. The van der Waals surface area contributed by atoms with Crippen molar-refractivity contribution in [2.75, 3.05) is 18.2 Å². The fourth-order valence-electron chi connectivity index (χ4n) is 9.56. The lowest BCUT2D eigenvalue weighted by molar-refractivity contribution is -0.277. The van der Waals surface area contributed by atoms with E-state index in [4.69, 9.17) is 9.47 Å². The Kier molecular flexibility index (Phi) is 10.2. The van der Waals surface area contributed by atoms with Crippen LogP contribution in [0.5, 0.6) is 17.2 Å². The third-order valence-electron chi connectivity index (χ3n) is 12.3. The van der Waals surface area contributed by atoms with E-state index in [2.05, 4.69) is 22.1 Å². The van der Waals surface area contributed by atoms with Gasteiger partial charge in [0.2, 0.25) is 6.29 Å². The number of nitrogens with zero attached hydrogens (tertiary/aromatic N) is 3. The normalized spacial score (nSPS) is 30.0. The smallest absolute Gasteiger partial charge is 0.334 e. The molecule has 1 saturated heterocycles. The third kappa shape index (κ3) is 6.51. The topological polar surface area (TPSA) is 222 Å². The number of carbonyl (C=O) groups excluding carboxylic acids is 1. The number of hydrogen-bond donors (Lipinski definition) is 7. The molecule has 0 radical (unpaired) electrons. The van der Waals surface area contributed by atoms with E-state index >= 15 is 0 Å². The molecule has 0 spiro atoms. The van der Waals surface area contributed by atoms with Crippen LogP contribution in [0.1, 0.15) is 60.3 Å². The first-order chi connectivity index (χ1) is 27.5. The summed E-state index contributed by atoms with van der Waals surface area (Å²) in [7, 11) is 0. The molecule has 8 atom stereocenters. The molecular formula is C43H45N3O11. The molecule has 298 valence electrons. The van der Waals surface area contributed by atoms with Crippen molar-refractivity contribution in [3.63, 3.8) is 0 Å². The molecule has 3 aromatic carbocycles. The number of aromatic hydroxyl groups is 2. The van der Waals surface area contributed by atoms with Gasteiger partial charge in [-0.1, -0.05) is 67.8 Å². The SMILES string of the molecule is O=C(/C=C/c1ccc(O)c(CC2=NCN=C2)c1)N1c2cc(O[C@@H]3O[C@H](CO)[C@@H](O)[C@H](O)[C@H]3O)c(O)cc2[C@H]2[C@H](C3(c4ccccc4)CCCCC3)C=C[C@]21C(=O)O. The van der Waals surface area contributed by atoms with Crippen LogP contribution in [0, 0.1) is 5.92 Å². The molecule has 57 heavy (non-hydrogen) atoms. The van der Waals surface area contributed by atoms with E-state index in [1.807, 2.05) is 24.3 Å². The predicted molar refractivity (Wildman–Crippen MR) is 209 cm³/mol. The highest BCUT2D eigenvalue weighted by Crippen LogP contribution is 2.64. The Morgan fingerprint density at radius 2 is 1.72 bits per heavy atom. The number of carboxylic acid groups (broad SMARTS) is 1. The fraction of sp³-hybridized carbons (Fsp3) is 0.395. The summed E-state index contributed by atoms with van der Waals surface area (Å²) >= 11 is 0. The van der Waals surface area contributed by atoms with E-state index in [1.165, 1.54) is 35.3 Å². The molecule has 2 fully saturated rings. The Hall–Kier alpha value is -5.38. The summed E-state index contributed by atoms with van der Waals surface area (Å²) < 4.78 is 11.4. The Morgan fingerprint density at radius 3 is 2.42 bits per heavy atom. The summed E-state index contributed by atoms with van der Waals surface area (Å²) in [4.78, 5) is 38.2. The molecule has 3 heterocycles. The summed E-state index contributed by atoms with van der Waals surface area (Å²) in [6.45, 7) is -0.385. The van der Waals surface area contributed by atoms with Gasteiger partial charge in [-0.2, -0.15) is 0 Å². The molecule has 5 aliphatic rings. The molecule has 14 nitrogen and oxygen atoms in total. The van der Waals surface area contributed by atoms with E-state index in [0.29, 0.717) is 35.5 Å². The van der Waals surface area contributed by atoms with Crippen LogP contribution < -0.4 is 9.64 Å². The maximum Gasteiger partial charge on any atom is 0.334 e. The number of rotatable bonds is 10. The predicted octanol–water partition coefficient (Wildman–Crippen LogP) is 3.36. The van der Waals surface area contributed by atoms with Gasteiger partial charge in [0.15, 0.2) is 17.0 Å². The second kappa shape index (κ2) is 15.2. The van der Waals surface area contributed by atoms with Crippen LogP contribution in [0.4, 0.5) is 5.69 Å². The van der Waals surface area contributed by atoms with E-state index in [0.717, 1.165) is 37.7 Å². The zero-order valence-electron chi connectivity index (χ0n) is 31.0. The van der Waals surface area contributed by atoms with Crippen LogP contribution in [-0.2, 0) is 26.2 Å². The standard InChI is InChI=1S/C43H45N3O11/c47-22-34-37(51)38(52)39(53)40(57-34)56-33-20-30-28(19-32(33)49)36-29(42(14-5-2-6-15-42)26-7-3-1-4-8-26)13-16-43(36,41(54)55)46(30)35(50)12-10-24-9-11-31(48)25(17-24)18-27-21-44-23-45-27/h1,3-4,7-13,16-17,19-21,29,34,36-40,47-49,51-53H,2,5-6,14-15,18,22-23H2,(H,54,55)/b12-10+/t29-,34-,36+,37-,38+,39-,40-,43-/m1/s1. The van der Waals surface area contributed by atoms with Crippen LogP contribution in [-0.4, -0.2) is 109 Å². The highest BCUT2D eigenvalue weighted by Gasteiger charge is 2.65. The number of allylic oxidation sites excluding steroid dienone is 1. The van der Waals surface area contributed by atoms with E-state index in [1.54, 1.807) is 24.4 Å². The largest absolute Gasteiger partial charge is 0.508 e. The molecular weight excluding hydrogens is 734 g/mol. The van der Waals surface area contributed by atoms with Crippen LogP contribution >= 0.6 is 0 Å². The zero-order chi connectivity index (χ0) is 40.1. The number of carbonyl (C=O) groups is 2. The highest BCUT2D eigenvalue weighted by molar-refractivity contribution is 6.32. The number of aliphatic carboxylic acids is 1. The monoisotopic (exact) mass is 779 g/mol. The van der Waals surface area contributed by atoms with Crippen molar-refractivity contribution in [3.8, 4) is 17.2 Å². The molecule has 1 saturated carbocycles. The lowest BCUT2D eigenvalue weighted by atomic mass is 9.57. The quantitative estimate of drug-likeness (QED) is 0.117. The average molecular weight is 780 g/mol. The van der Waals surface area contributed by atoms with E-state index in [9.17, 15) is 45.3 Å². The number of hydrogen-bond acceptors (Lipinski definition) is 12. The van der Waals surface area contributed by atoms with Gasteiger partial charge in [0.25, 0.3) is 5.91 Å². The second-order valence-corrected chi connectivity index (χ2v) is 15.4. The zero-order valence-corrected chi connectivity index (χ0v) is 31.0. The van der Waals surface area contributed by atoms with Crippen molar-refractivity contribution in [3.05, 3.63) is 101 Å². The lowest BCUT2D eigenvalue weighted by Crippen LogP contribution is -2.60. The Bertz CT molecular complexity index is 2160. The summed E-state index contributed by atoms with van der Waals surface area (Å²) in [6.07, 6.45) is 4.57. The van der Waals surface area contributed by atoms with Gasteiger partial charge in [0, 0.05) is 41.7 Å². The molecule has 8 rings (SSSR count). The van der Waals surface area contributed by atoms with Crippen molar-refractivity contribution in [1.82, 2.24) is 0 Å². The third-order valence-corrected chi connectivity index (χ3v) is 12.3. The first-order valence-electron chi connectivity index (χ1n) is 19.2. The number of amides is 1. The molecule has 0 unspecified atom stereocenters. The highest BCUT2D eigenvalue weighted by atomic mass is 16.7. The number of carboxylic acids is 1. The molecule has 1 amide bonds. The fourth-order valence-corrected chi connectivity index (χ4v) is 9.56. The Labute approximate surface area is 328 Å². The number of fused-ring (bicyclic) bond motifs is 3. The lowest BCUT2D eigenvalue weighted by Gasteiger charge is -2.46. The first kappa shape index (κ1) is 38.5. The molecule has 3 aliphatic heterocycles. The van der Waals surface area contributed by atoms with Crippen LogP contribution in [0.3, 0.4) is 0 Å². The van der Waals surface area contributed by atoms with Gasteiger partial charge in [0.05, 0.1) is 18.0 Å². The number of aliphatic hydroxyl groups is 4. The Balaban J connectivity index is 1.23. The van der Waals surface area contributed by atoms with Crippen molar-refractivity contribution < 1.29 is 54.8 Å². The minimum absolute atomic E-state index is 0.0477. The van der Waals surface area contributed by atoms with E-state index in [-0.39, 0.29) is 17.2 Å². The molecule has 2 aliphatic carbocycles. The number of phenols is 2. The minimum Gasteiger partial charge on any atom is -0.508 e. The maximum atomic E-state index is 14.7. The molecule has 0 aromatic heterocycles. The first-order valence-corrected chi connectivity index (χ1v) is 19.2. The van der Waals surface area contributed by atoms with Crippen LogP contribution in [0.2, 0.25) is 0 Å². The van der Waals surface area contributed by atoms with E-state index < -0.39 is 77.7 Å². The molecule has 3 aromatic rings. The molecule has 0 bridgehead atoms. The van der Waals surface area contributed by atoms with Gasteiger partial charge in [-0.3, -0.25) is 19.7 Å². The number of aliphatic imine (C=N–C) groups is 2. The summed E-state index contributed by atoms with van der Waals surface area (Å²) in [5.74, 6) is -3.90. The average Bonchev–Trinajstić information content (AvgIpc) is 3.95. The van der Waals surface area contributed by atoms with Crippen LogP contribution in [0.25, 0.3) is 6.08 Å². The van der Waals surface area contributed by atoms with Crippen LogP contribution in [0.15, 0.2) is 88.9 Å². The van der Waals surface area contributed by atoms with Crippen molar-refractivity contribution in [2.45, 2.75) is 86.1 Å². The summed E-state index contributed by atoms with van der Waals surface area (Å²) in [5.41, 5.74) is 1.03. The number of aliphatic hydroxyl groups excluding tert-OH is 4. The van der Waals surface area contributed by atoms with Gasteiger partial charge in [0.1, 0.15) is 36.8 Å². The van der Waals surface area contributed by atoms with Gasteiger partial charge in [-0.25, -0.2) is 4.79 Å². The summed E-state index contributed by atoms with van der Waals surface area (Å²) in [5, 5.41) is 74.7. The van der Waals surface area contributed by atoms with Gasteiger partial charge < -0.3 is 45.2 Å². The Morgan fingerprint density at radius 1 is 0.947 bits per heavy atom. The van der Waals surface area contributed by atoms with Gasteiger partial charge in [-0.15, -0.1) is 0 Å². The molecule has 14 heteroatoms. The van der Waals surface area contributed by atoms with Gasteiger partial charge >= 0.3 is 5.97 Å². The van der Waals surface area contributed by atoms with Gasteiger partial charge in [-0.05, 0) is 59.7 Å². The van der Waals surface area contributed by atoms with Crippen molar-refractivity contribution >= 4 is 35.6 Å². The minimum atomic E-state index is -1.93. The van der Waals surface area contributed by atoms with Crippen molar-refractivity contribution in [2.24, 2.45) is 15.9 Å². The van der Waals surface area contributed by atoms with Crippen molar-refractivity contribution in [1.29, 1.82) is 0 Å². The number of ether oxygens (including phenoxy) is 2. The second-order valence-electron chi connectivity index (χ2n) is 15.4. The molecule has 7 N–H and O–H groups in total. The maximum absolute atomic E-state index is 14.7.